The number of nitrogens with zero attached hydrogens (tertiary/aromatic N) is 1. The zero-order valence-corrected chi connectivity index (χ0v) is 13.7. The predicted molar refractivity (Wildman–Crippen MR) is 85.5 cm³/mol. The van der Waals surface area contributed by atoms with Gasteiger partial charge in [0.25, 0.3) is 0 Å². The lowest BCUT2D eigenvalue weighted by molar-refractivity contribution is -0.278. The minimum Gasteiger partial charge on any atom is -0.445 e. The smallest absolute Gasteiger partial charge is 0.231 e. The van der Waals surface area contributed by atoms with E-state index in [-0.39, 0.29) is 5.88 Å². The number of unbranched alkanes of at least 4 members (excludes halogenated alkanes) is 1. The largest absolute Gasteiger partial charge is 0.445 e. The molecule has 0 radical (unpaired) electrons. The number of rotatable bonds is 8. The second kappa shape index (κ2) is 9.26. The summed E-state index contributed by atoms with van der Waals surface area (Å²) in [6.07, 6.45) is -1.78. The number of hydrogen-bond acceptors (Lipinski definition) is 8. The maximum atomic E-state index is 9.93. The first-order valence-corrected chi connectivity index (χ1v) is 8.13. The van der Waals surface area contributed by atoms with Crippen LogP contribution in [0.1, 0.15) is 18.4 Å². The van der Waals surface area contributed by atoms with Crippen LogP contribution in [0.15, 0.2) is 18.3 Å². The van der Waals surface area contributed by atoms with Crippen molar-refractivity contribution >= 4 is 0 Å². The summed E-state index contributed by atoms with van der Waals surface area (Å²) in [4.78, 5) is 4.17. The topological polar surface area (TPSA) is 124 Å². The molecule has 0 amide bonds. The van der Waals surface area contributed by atoms with Crippen LogP contribution in [0.5, 0.6) is 5.88 Å². The Labute approximate surface area is 141 Å². The van der Waals surface area contributed by atoms with Gasteiger partial charge in [-0.25, -0.2) is 4.98 Å². The van der Waals surface area contributed by atoms with Crippen LogP contribution in [0.2, 0.25) is 0 Å². The van der Waals surface area contributed by atoms with Crippen molar-refractivity contribution in [2.45, 2.75) is 50.0 Å². The maximum absolute atomic E-state index is 9.93. The van der Waals surface area contributed by atoms with Gasteiger partial charge >= 0.3 is 0 Å². The lowest BCUT2D eigenvalue weighted by Gasteiger charge is -2.39. The monoisotopic (exact) mass is 342 g/mol. The summed E-state index contributed by atoms with van der Waals surface area (Å²) in [5.41, 5.74) is 1.08. The first kappa shape index (κ1) is 19.0. The molecule has 1 aromatic rings. The molecule has 8 heteroatoms. The summed E-state index contributed by atoms with van der Waals surface area (Å²) in [7, 11) is 1.92. The van der Waals surface area contributed by atoms with Gasteiger partial charge in [-0.15, -0.1) is 0 Å². The fourth-order valence-corrected chi connectivity index (χ4v) is 2.54. The predicted octanol–water partition coefficient (Wildman–Crippen LogP) is -1.20. The summed E-state index contributed by atoms with van der Waals surface area (Å²) in [5, 5.41) is 41.6. The summed E-state index contributed by atoms with van der Waals surface area (Å²) >= 11 is 0. The molecule has 1 aliphatic rings. The molecule has 2 rings (SSSR count). The molecule has 1 aliphatic heterocycles. The van der Waals surface area contributed by atoms with Crippen molar-refractivity contribution in [1.82, 2.24) is 10.3 Å². The van der Waals surface area contributed by atoms with Crippen LogP contribution < -0.4 is 10.1 Å². The number of aromatic nitrogens is 1. The molecule has 0 aliphatic carbocycles. The Balaban J connectivity index is 1.90. The molecule has 5 unspecified atom stereocenters. The molecule has 136 valence electrons. The van der Waals surface area contributed by atoms with Crippen LogP contribution in [0.4, 0.5) is 0 Å². The third kappa shape index (κ3) is 4.85. The highest BCUT2D eigenvalue weighted by atomic mass is 16.7. The van der Waals surface area contributed by atoms with Gasteiger partial charge in [0.05, 0.1) is 6.61 Å². The zero-order valence-electron chi connectivity index (χ0n) is 13.7. The molecule has 1 saturated heterocycles. The van der Waals surface area contributed by atoms with E-state index in [4.69, 9.17) is 14.6 Å². The van der Waals surface area contributed by atoms with Gasteiger partial charge in [-0.3, -0.25) is 0 Å². The van der Waals surface area contributed by atoms with Crippen molar-refractivity contribution in [2.24, 2.45) is 0 Å². The van der Waals surface area contributed by atoms with Crippen LogP contribution in [-0.4, -0.2) is 76.3 Å². The third-order valence-electron chi connectivity index (χ3n) is 4.03. The molecular weight excluding hydrogens is 316 g/mol. The van der Waals surface area contributed by atoms with Gasteiger partial charge in [-0.1, -0.05) is 6.07 Å². The first-order chi connectivity index (χ1) is 11.6. The Kier molecular flexibility index (Phi) is 7.35. The lowest BCUT2D eigenvalue weighted by Crippen LogP contribution is -2.60. The van der Waals surface area contributed by atoms with Gasteiger partial charge in [0, 0.05) is 12.3 Å². The normalized spacial score (nSPS) is 30.3. The average Bonchev–Trinajstić information content (AvgIpc) is 2.60. The second-order valence-corrected chi connectivity index (χ2v) is 5.88. The van der Waals surface area contributed by atoms with E-state index >= 15 is 0 Å². The molecule has 0 spiro atoms. The van der Waals surface area contributed by atoms with Crippen molar-refractivity contribution in [3.05, 3.63) is 23.9 Å². The Morgan fingerprint density at radius 3 is 2.58 bits per heavy atom. The third-order valence-corrected chi connectivity index (χ3v) is 4.03. The first-order valence-electron chi connectivity index (χ1n) is 8.13. The van der Waals surface area contributed by atoms with Crippen molar-refractivity contribution < 1.29 is 29.9 Å². The molecule has 0 aromatic carbocycles. The number of ether oxygens (including phenoxy) is 2. The van der Waals surface area contributed by atoms with E-state index in [1.165, 1.54) is 0 Å². The summed E-state index contributed by atoms with van der Waals surface area (Å²) in [5.74, 6) is 0.235. The van der Waals surface area contributed by atoms with E-state index < -0.39 is 37.3 Å². The molecule has 1 aromatic heterocycles. The van der Waals surface area contributed by atoms with Crippen LogP contribution in [0.25, 0.3) is 0 Å². The van der Waals surface area contributed by atoms with Crippen molar-refractivity contribution in [2.75, 3.05) is 20.2 Å². The molecule has 0 bridgehead atoms. The lowest BCUT2D eigenvalue weighted by atomic mass is 9.99. The van der Waals surface area contributed by atoms with Crippen LogP contribution >= 0.6 is 0 Å². The second-order valence-electron chi connectivity index (χ2n) is 5.88. The highest BCUT2D eigenvalue weighted by Gasteiger charge is 2.44. The molecular formula is C16H26N2O6. The number of aryl methyl sites for hydroxylation is 1. The number of hydrogen-bond donors (Lipinski definition) is 5. The highest BCUT2D eigenvalue weighted by Crippen LogP contribution is 2.23. The Hall–Kier alpha value is -1.29. The number of pyridine rings is 1. The fraction of sp³-hybridized carbons (Fsp3) is 0.688. The van der Waals surface area contributed by atoms with Gasteiger partial charge in [0.2, 0.25) is 12.2 Å². The van der Waals surface area contributed by atoms with E-state index in [0.717, 1.165) is 31.4 Å². The fourth-order valence-electron chi connectivity index (χ4n) is 2.54. The number of aliphatic hydroxyl groups is 4. The Morgan fingerprint density at radius 2 is 1.96 bits per heavy atom. The van der Waals surface area contributed by atoms with Crippen molar-refractivity contribution in [1.29, 1.82) is 0 Å². The minimum absolute atomic E-state index is 0.235. The SMILES string of the molecule is CNCCCCc1ccc(OC2OC(CO)C(O)C(O)C2O)nc1. The molecule has 5 N–H and O–H groups in total. The van der Waals surface area contributed by atoms with Crippen LogP contribution in [-0.2, 0) is 11.2 Å². The standard InChI is InChI=1S/C16H26N2O6/c1-17-7-3-2-4-10-5-6-12(18-8-10)24-16-15(22)14(21)13(20)11(9-19)23-16/h5-6,8,11,13-17,19-22H,2-4,7,9H2,1H3. The molecule has 1 fully saturated rings. The van der Waals surface area contributed by atoms with E-state index in [9.17, 15) is 15.3 Å². The number of aliphatic hydroxyl groups excluding tert-OH is 4. The Bertz CT molecular complexity index is 484. The molecule has 2 heterocycles. The van der Waals surface area contributed by atoms with E-state index in [1.807, 2.05) is 13.1 Å². The maximum Gasteiger partial charge on any atom is 0.231 e. The molecule has 24 heavy (non-hydrogen) atoms. The quantitative estimate of drug-likeness (QED) is 0.373. The van der Waals surface area contributed by atoms with Crippen LogP contribution in [0.3, 0.4) is 0 Å². The van der Waals surface area contributed by atoms with Gasteiger partial charge in [-0.2, -0.15) is 0 Å². The van der Waals surface area contributed by atoms with E-state index in [1.54, 1.807) is 12.3 Å². The van der Waals surface area contributed by atoms with Crippen LogP contribution in [0, 0.1) is 0 Å². The summed E-state index contributed by atoms with van der Waals surface area (Å²) in [6, 6.07) is 3.54. The van der Waals surface area contributed by atoms with Crippen molar-refractivity contribution in [3.63, 3.8) is 0 Å². The van der Waals surface area contributed by atoms with E-state index in [2.05, 4.69) is 10.3 Å². The molecule has 5 atom stereocenters. The summed E-state index contributed by atoms with van der Waals surface area (Å²) < 4.78 is 10.7. The summed E-state index contributed by atoms with van der Waals surface area (Å²) in [6.45, 7) is 0.482. The zero-order chi connectivity index (χ0) is 17.5. The van der Waals surface area contributed by atoms with Gasteiger partial charge < -0.3 is 35.2 Å². The van der Waals surface area contributed by atoms with Gasteiger partial charge in [0.1, 0.15) is 24.4 Å². The molecule has 0 saturated carbocycles. The van der Waals surface area contributed by atoms with Crippen molar-refractivity contribution in [3.8, 4) is 5.88 Å². The van der Waals surface area contributed by atoms with Gasteiger partial charge in [-0.05, 0) is 38.4 Å². The average molecular weight is 342 g/mol. The highest BCUT2D eigenvalue weighted by molar-refractivity contribution is 5.18. The Morgan fingerprint density at radius 1 is 1.17 bits per heavy atom. The molecule has 8 nitrogen and oxygen atoms in total. The minimum atomic E-state index is -1.47. The van der Waals surface area contributed by atoms with Gasteiger partial charge in [0.15, 0.2) is 0 Å². The number of nitrogens with one attached hydrogen (secondary N) is 1. The van der Waals surface area contributed by atoms with E-state index in [0.29, 0.717) is 0 Å².